The van der Waals surface area contributed by atoms with Gasteiger partial charge >= 0.3 is 0 Å². The van der Waals surface area contributed by atoms with E-state index in [0.29, 0.717) is 24.5 Å². The van der Waals surface area contributed by atoms with Crippen LogP contribution in [0.1, 0.15) is 17.0 Å². The Balaban J connectivity index is 1.57. The van der Waals surface area contributed by atoms with Crippen molar-refractivity contribution in [1.82, 2.24) is 20.3 Å². The third kappa shape index (κ3) is 6.02. The van der Waals surface area contributed by atoms with Crippen molar-refractivity contribution in [3.05, 3.63) is 102 Å². The van der Waals surface area contributed by atoms with Gasteiger partial charge in [0.25, 0.3) is 0 Å². The number of hydrogen-bond donors (Lipinski definition) is 2. The fourth-order valence-electron chi connectivity index (χ4n) is 3.65. The van der Waals surface area contributed by atoms with Crippen LogP contribution in [0.25, 0.3) is 11.1 Å². The summed E-state index contributed by atoms with van der Waals surface area (Å²) in [6.07, 6.45) is 5.75. The van der Waals surface area contributed by atoms with E-state index in [9.17, 15) is 4.79 Å². The average molecular weight is 454 g/mol. The van der Waals surface area contributed by atoms with Crippen LogP contribution in [0.3, 0.4) is 0 Å². The van der Waals surface area contributed by atoms with Gasteiger partial charge in [-0.05, 0) is 54.8 Å². The molecule has 4 rings (SSSR count). The normalized spacial score (nSPS) is 11.6. The first-order chi connectivity index (χ1) is 16.6. The molecule has 0 saturated heterocycles. The molecule has 0 bridgehead atoms. The number of anilines is 1. The molecule has 2 N–H and O–H groups in total. The lowest BCUT2D eigenvalue weighted by Gasteiger charge is -2.19. The lowest BCUT2D eigenvalue weighted by molar-refractivity contribution is -0.118. The molecule has 0 aliphatic heterocycles. The lowest BCUT2D eigenvalue weighted by Crippen LogP contribution is -2.42. The zero-order valence-corrected chi connectivity index (χ0v) is 19.2. The van der Waals surface area contributed by atoms with Crippen molar-refractivity contribution in [3.63, 3.8) is 0 Å². The lowest BCUT2D eigenvalue weighted by atomic mass is 10.0. The maximum atomic E-state index is 13.4. The molecule has 172 valence electrons. The fourth-order valence-corrected chi connectivity index (χ4v) is 3.65. The Hall–Kier alpha value is -4.10. The number of ether oxygens (including phenoxy) is 1. The molecule has 0 aliphatic rings. The SMILES string of the molecule is COc1ncc(-c2ccnc(C)c2)cc1NC(=O)C(Cc1ccccc1)NCc1ccccn1. The molecule has 0 aliphatic carbocycles. The third-order valence-corrected chi connectivity index (χ3v) is 5.39. The van der Waals surface area contributed by atoms with Crippen molar-refractivity contribution in [2.24, 2.45) is 0 Å². The van der Waals surface area contributed by atoms with Gasteiger partial charge in [-0.15, -0.1) is 0 Å². The van der Waals surface area contributed by atoms with Crippen LogP contribution < -0.4 is 15.4 Å². The van der Waals surface area contributed by atoms with Crippen molar-refractivity contribution in [2.75, 3.05) is 12.4 Å². The van der Waals surface area contributed by atoms with E-state index in [1.54, 1.807) is 18.6 Å². The minimum atomic E-state index is -0.485. The average Bonchev–Trinajstić information content (AvgIpc) is 2.87. The van der Waals surface area contributed by atoms with Crippen LogP contribution in [0.15, 0.2) is 85.3 Å². The first kappa shape index (κ1) is 23.1. The number of hydrogen-bond acceptors (Lipinski definition) is 6. The predicted octanol–water partition coefficient (Wildman–Crippen LogP) is 4.20. The minimum absolute atomic E-state index is 0.178. The first-order valence-electron chi connectivity index (χ1n) is 11.1. The van der Waals surface area contributed by atoms with Crippen LogP contribution in [0.2, 0.25) is 0 Å². The number of amides is 1. The molecule has 0 spiro atoms. The highest BCUT2D eigenvalue weighted by atomic mass is 16.5. The van der Waals surface area contributed by atoms with Crippen molar-refractivity contribution in [3.8, 4) is 17.0 Å². The Morgan fingerprint density at radius 3 is 2.50 bits per heavy atom. The summed E-state index contributed by atoms with van der Waals surface area (Å²) in [6, 6.07) is 20.9. The number of carbonyl (C=O) groups is 1. The van der Waals surface area contributed by atoms with E-state index >= 15 is 0 Å². The highest BCUT2D eigenvalue weighted by Crippen LogP contribution is 2.28. The van der Waals surface area contributed by atoms with E-state index in [1.165, 1.54) is 7.11 Å². The molecule has 7 heteroatoms. The molecule has 0 radical (unpaired) electrons. The van der Waals surface area contributed by atoms with E-state index < -0.39 is 6.04 Å². The molecule has 7 nitrogen and oxygen atoms in total. The van der Waals surface area contributed by atoms with E-state index in [4.69, 9.17) is 4.74 Å². The summed E-state index contributed by atoms with van der Waals surface area (Å²) < 4.78 is 5.42. The van der Waals surface area contributed by atoms with Crippen molar-refractivity contribution >= 4 is 11.6 Å². The van der Waals surface area contributed by atoms with E-state index in [0.717, 1.165) is 28.1 Å². The zero-order chi connectivity index (χ0) is 23.8. The van der Waals surface area contributed by atoms with Crippen LogP contribution >= 0.6 is 0 Å². The Kier molecular flexibility index (Phi) is 7.57. The number of nitrogens with one attached hydrogen (secondary N) is 2. The molecular weight excluding hydrogens is 426 g/mol. The van der Waals surface area contributed by atoms with Crippen LogP contribution in [-0.4, -0.2) is 34.0 Å². The van der Waals surface area contributed by atoms with Crippen LogP contribution in [0.4, 0.5) is 5.69 Å². The quantitative estimate of drug-likeness (QED) is 0.395. The Morgan fingerprint density at radius 2 is 1.76 bits per heavy atom. The predicted molar refractivity (Wildman–Crippen MR) is 132 cm³/mol. The summed E-state index contributed by atoms with van der Waals surface area (Å²) in [5.41, 5.74) is 5.16. The monoisotopic (exact) mass is 453 g/mol. The van der Waals surface area contributed by atoms with E-state index in [1.807, 2.05) is 73.7 Å². The van der Waals surface area contributed by atoms with Crippen LogP contribution in [0.5, 0.6) is 5.88 Å². The molecule has 1 atom stereocenters. The summed E-state index contributed by atoms with van der Waals surface area (Å²) in [5.74, 6) is 0.175. The summed E-state index contributed by atoms with van der Waals surface area (Å²) in [7, 11) is 1.54. The number of methoxy groups -OCH3 is 1. The standard InChI is InChI=1S/C27H27N5O2/c1-19-14-21(11-13-28-19)22-16-25(27(34-2)31-17-22)32-26(33)24(15-20-8-4-3-5-9-20)30-18-23-10-6-7-12-29-23/h3-14,16-17,24,30H,15,18H2,1-2H3,(H,32,33). The Bertz CT molecular complexity index is 1230. The van der Waals surface area contributed by atoms with Crippen molar-refractivity contribution in [1.29, 1.82) is 0 Å². The van der Waals surface area contributed by atoms with E-state index in [-0.39, 0.29) is 5.91 Å². The fraction of sp³-hybridized carbons (Fsp3) is 0.185. The second-order valence-electron chi connectivity index (χ2n) is 7.90. The molecular formula is C27H27N5O2. The molecule has 3 aromatic heterocycles. The van der Waals surface area contributed by atoms with Gasteiger partial charge in [-0.2, -0.15) is 0 Å². The highest BCUT2D eigenvalue weighted by Gasteiger charge is 2.21. The van der Waals surface area contributed by atoms with Gasteiger partial charge in [0.1, 0.15) is 5.69 Å². The molecule has 0 fully saturated rings. The highest BCUT2D eigenvalue weighted by molar-refractivity contribution is 5.96. The van der Waals surface area contributed by atoms with E-state index in [2.05, 4.69) is 25.6 Å². The van der Waals surface area contributed by atoms with Gasteiger partial charge in [0.15, 0.2) is 0 Å². The number of pyridine rings is 3. The van der Waals surface area contributed by atoms with Crippen LogP contribution in [0, 0.1) is 6.92 Å². The van der Waals surface area contributed by atoms with Gasteiger partial charge in [-0.3, -0.25) is 20.1 Å². The topological polar surface area (TPSA) is 89.0 Å². The Morgan fingerprint density at radius 1 is 0.941 bits per heavy atom. The molecule has 1 unspecified atom stereocenters. The van der Waals surface area contributed by atoms with Crippen molar-refractivity contribution in [2.45, 2.75) is 25.9 Å². The Labute approximate surface area is 199 Å². The smallest absolute Gasteiger partial charge is 0.242 e. The number of benzene rings is 1. The van der Waals surface area contributed by atoms with Gasteiger partial charge < -0.3 is 10.1 Å². The second-order valence-corrected chi connectivity index (χ2v) is 7.90. The van der Waals surface area contributed by atoms with Gasteiger partial charge in [0.2, 0.25) is 11.8 Å². The van der Waals surface area contributed by atoms with Gasteiger partial charge in [0.05, 0.1) is 18.8 Å². The number of nitrogens with zero attached hydrogens (tertiary/aromatic N) is 3. The van der Waals surface area contributed by atoms with Gasteiger partial charge in [-0.1, -0.05) is 36.4 Å². The summed E-state index contributed by atoms with van der Waals surface area (Å²) in [4.78, 5) is 26.4. The number of aromatic nitrogens is 3. The maximum absolute atomic E-state index is 13.4. The molecule has 1 aromatic carbocycles. The first-order valence-corrected chi connectivity index (χ1v) is 11.1. The van der Waals surface area contributed by atoms with Gasteiger partial charge in [0, 0.05) is 36.4 Å². The van der Waals surface area contributed by atoms with Crippen molar-refractivity contribution < 1.29 is 9.53 Å². The van der Waals surface area contributed by atoms with Gasteiger partial charge in [-0.25, -0.2) is 4.98 Å². The summed E-state index contributed by atoms with van der Waals surface area (Å²) in [6.45, 7) is 2.40. The number of aryl methyl sites for hydroxylation is 1. The third-order valence-electron chi connectivity index (χ3n) is 5.39. The molecule has 1 amide bonds. The number of carbonyl (C=O) groups excluding carboxylic acids is 1. The molecule has 4 aromatic rings. The maximum Gasteiger partial charge on any atom is 0.242 e. The molecule has 0 saturated carbocycles. The number of rotatable bonds is 9. The van der Waals surface area contributed by atoms with Crippen LogP contribution in [-0.2, 0) is 17.8 Å². The zero-order valence-electron chi connectivity index (χ0n) is 19.2. The summed E-state index contributed by atoms with van der Waals surface area (Å²) in [5, 5.41) is 6.37. The largest absolute Gasteiger partial charge is 0.480 e. The second kappa shape index (κ2) is 11.2. The molecule has 3 heterocycles. The minimum Gasteiger partial charge on any atom is -0.480 e. The molecule has 34 heavy (non-hydrogen) atoms. The summed E-state index contributed by atoms with van der Waals surface area (Å²) >= 11 is 0.